The summed E-state index contributed by atoms with van der Waals surface area (Å²) in [5, 5.41) is 3.19. The molecule has 3 heterocycles. The zero-order valence-corrected chi connectivity index (χ0v) is 15.6. The van der Waals surface area contributed by atoms with E-state index in [9.17, 15) is 4.79 Å². The van der Waals surface area contributed by atoms with Gasteiger partial charge in [0.1, 0.15) is 5.76 Å². The lowest BCUT2D eigenvalue weighted by molar-refractivity contribution is 0.0987. The van der Waals surface area contributed by atoms with Crippen molar-refractivity contribution in [2.75, 3.05) is 4.90 Å². The first-order valence-electron chi connectivity index (χ1n) is 7.56. The van der Waals surface area contributed by atoms with E-state index in [1.165, 1.54) is 22.7 Å². The number of thiazole rings is 1. The minimum absolute atomic E-state index is 0.0887. The molecule has 0 aliphatic carbocycles. The number of carbonyl (C=O) groups is 1. The number of carbonyl (C=O) groups excluding carboxylic acids is 1. The summed E-state index contributed by atoms with van der Waals surface area (Å²) in [6.07, 6.45) is 1.60. The van der Waals surface area contributed by atoms with E-state index in [1.54, 1.807) is 11.2 Å². The summed E-state index contributed by atoms with van der Waals surface area (Å²) in [5.74, 6) is 0.619. The highest BCUT2D eigenvalue weighted by atomic mass is 35.5. The van der Waals surface area contributed by atoms with E-state index in [0.29, 0.717) is 27.3 Å². The van der Waals surface area contributed by atoms with Crippen molar-refractivity contribution < 1.29 is 9.21 Å². The molecule has 0 N–H and O–H groups in total. The fourth-order valence-corrected chi connectivity index (χ4v) is 4.67. The van der Waals surface area contributed by atoms with Crippen LogP contribution in [0.2, 0.25) is 5.02 Å². The molecule has 0 saturated heterocycles. The molecule has 0 aliphatic heterocycles. The van der Waals surface area contributed by atoms with Crippen LogP contribution < -0.4 is 4.90 Å². The fourth-order valence-electron chi connectivity index (χ4n) is 2.58. The average molecular weight is 389 g/mol. The number of hydrogen-bond donors (Lipinski definition) is 0. The first-order chi connectivity index (χ1) is 12.1. The van der Waals surface area contributed by atoms with Crippen LogP contribution >= 0.6 is 34.3 Å². The molecule has 7 heteroatoms. The predicted octanol–water partition coefficient (Wildman–Crippen LogP) is 5.76. The monoisotopic (exact) mass is 388 g/mol. The Morgan fingerprint density at radius 1 is 1.32 bits per heavy atom. The van der Waals surface area contributed by atoms with Crippen LogP contribution in [0.15, 0.2) is 52.5 Å². The van der Waals surface area contributed by atoms with Crippen molar-refractivity contribution in [3.63, 3.8) is 0 Å². The Kier molecular flexibility index (Phi) is 4.33. The van der Waals surface area contributed by atoms with Crippen LogP contribution in [-0.2, 0) is 6.54 Å². The van der Waals surface area contributed by atoms with Gasteiger partial charge in [-0.05, 0) is 48.2 Å². The third kappa shape index (κ3) is 3.20. The second-order valence-electron chi connectivity index (χ2n) is 5.51. The summed E-state index contributed by atoms with van der Waals surface area (Å²) in [6.45, 7) is 2.30. The third-order valence-corrected chi connectivity index (χ3v) is 5.84. The van der Waals surface area contributed by atoms with Crippen LogP contribution in [0.25, 0.3) is 10.2 Å². The predicted molar refractivity (Wildman–Crippen MR) is 103 cm³/mol. The lowest BCUT2D eigenvalue weighted by atomic mass is 10.2. The van der Waals surface area contributed by atoms with Crippen LogP contribution in [0.3, 0.4) is 0 Å². The van der Waals surface area contributed by atoms with Crippen LogP contribution in [-0.4, -0.2) is 10.9 Å². The summed E-state index contributed by atoms with van der Waals surface area (Å²) in [4.78, 5) is 20.0. The van der Waals surface area contributed by atoms with Crippen LogP contribution in [0.1, 0.15) is 21.0 Å². The average Bonchev–Trinajstić information content (AvgIpc) is 3.32. The Labute approximate surface area is 157 Å². The first kappa shape index (κ1) is 16.3. The maximum atomic E-state index is 13.0. The van der Waals surface area contributed by atoms with E-state index in [4.69, 9.17) is 21.0 Å². The summed E-state index contributed by atoms with van der Waals surface area (Å²) >= 11 is 9.02. The quantitative estimate of drug-likeness (QED) is 0.446. The molecule has 4 rings (SSSR count). The van der Waals surface area contributed by atoms with Gasteiger partial charge in [0.15, 0.2) is 5.13 Å². The highest BCUT2D eigenvalue weighted by Gasteiger charge is 2.23. The van der Waals surface area contributed by atoms with E-state index < -0.39 is 0 Å². The Balaban J connectivity index is 1.79. The number of rotatable bonds is 4. The van der Waals surface area contributed by atoms with Gasteiger partial charge in [0.2, 0.25) is 0 Å². The third-order valence-electron chi connectivity index (χ3n) is 3.74. The molecule has 1 amide bonds. The Morgan fingerprint density at radius 3 is 2.92 bits per heavy atom. The van der Waals surface area contributed by atoms with Crippen LogP contribution in [0.5, 0.6) is 0 Å². The highest BCUT2D eigenvalue weighted by molar-refractivity contribution is 7.22. The molecule has 4 aromatic rings. The minimum atomic E-state index is -0.0887. The summed E-state index contributed by atoms with van der Waals surface area (Å²) in [5.41, 5.74) is 1.86. The van der Waals surface area contributed by atoms with Crippen LogP contribution in [0.4, 0.5) is 5.13 Å². The molecular weight excluding hydrogens is 376 g/mol. The van der Waals surface area contributed by atoms with Gasteiger partial charge >= 0.3 is 0 Å². The van der Waals surface area contributed by atoms with Gasteiger partial charge in [0, 0.05) is 5.02 Å². The summed E-state index contributed by atoms with van der Waals surface area (Å²) < 4.78 is 6.40. The van der Waals surface area contributed by atoms with Gasteiger partial charge in [0.25, 0.3) is 5.91 Å². The number of halogens is 1. The molecule has 4 nitrogen and oxygen atoms in total. The van der Waals surface area contributed by atoms with Crippen molar-refractivity contribution in [3.05, 3.63) is 69.3 Å². The number of nitrogens with zero attached hydrogens (tertiary/aromatic N) is 2. The molecule has 0 aliphatic rings. The Bertz CT molecular complexity index is 1020. The molecule has 0 atom stereocenters. The number of hydrogen-bond acceptors (Lipinski definition) is 5. The normalized spacial score (nSPS) is 11.1. The van der Waals surface area contributed by atoms with Gasteiger partial charge in [-0.2, -0.15) is 0 Å². The van der Waals surface area contributed by atoms with Gasteiger partial charge in [-0.15, -0.1) is 11.3 Å². The lowest BCUT2D eigenvalue weighted by Crippen LogP contribution is -2.29. The van der Waals surface area contributed by atoms with Crippen molar-refractivity contribution in [1.82, 2.24) is 4.98 Å². The molecular formula is C18H13ClN2O2S2. The molecule has 0 spiro atoms. The topological polar surface area (TPSA) is 46.3 Å². The van der Waals surface area contributed by atoms with Gasteiger partial charge in [-0.25, -0.2) is 4.98 Å². The zero-order chi connectivity index (χ0) is 17.4. The number of furan rings is 1. The SMILES string of the molecule is Cc1cc(Cl)cc2sc(N(Cc3ccco3)C(=O)c3cccs3)nc12. The van der Waals surface area contributed by atoms with Gasteiger partial charge in [-0.3, -0.25) is 9.69 Å². The van der Waals surface area contributed by atoms with Crippen molar-refractivity contribution in [2.45, 2.75) is 13.5 Å². The van der Waals surface area contributed by atoms with E-state index in [2.05, 4.69) is 0 Å². The molecule has 0 bridgehead atoms. The number of aryl methyl sites for hydroxylation is 1. The van der Waals surface area contributed by atoms with E-state index in [0.717, 1.165) is 15.8 Å². The van der Waals surface area contributed by atoms with Crippen molar-refractivity contribution in [3.8, 4) is 0 Å². The second kappa shape index (κ2) is 6.63. The molecule has 0 saturated carbocycles. The molecule has 126 valence electrons. The zero-order valence-electron chi connectivity index (χ0n) is 13.2. The van der Waals surface area contributed by atoms with E-state index >= 15 is 0 Å². The van der Waals surface area contributed by atoms with Crippen LogP contribution in [0, 0.1) is 6.92 Å². The number of benzene rings is 1. The Morgan fingerprint density at radius 2 is 2.20 bits per heavy atom. The maximum Gasteiger partial charge on any atom is 0.270 e. The molecule has 3 aromatic heterocycles. The maximum absolute atomic E-state index is 13.0. The standard InChI is InChI=1S/C18H13ClN2O2S2/c1-11-8-12(19)9-15-16(11)20-18(25-15)21(10-13-4-2-6-23-13)17(22)14-5-3-7-24-14/h2-9H,10H2,1H3. The molecule has 0 radical (unpaired) electrons. The number of fused-ring (bicyclic) bond motifs is 1. The number of aromatic nitrogens is 1. The number of anilines is 1. The fraction of sp³-hybridized carbons (Fsp3) is 0.111. The summed E-state index contributed by atoms with van der Waals surface area (Å²) in [7, 11) is 0. The largest absolute Gasteiger partial charge is 0.467 e. The van der Waals surface area contributed by atoms with Gasteiger partial charge in [0.05, 0.1) is 27.9 Å². The van der Waals surface area contributed by atoms with E-state index in [1.807, 2.05) is 48.7 Å². The van der Waals surface area contributed by atoms with Gasteiger partial charge < -0.3 is 4.42 Å². The van der Waals surface area contributed by atoms with Crippen molar-refractivity contribution in [1.29, 1.82) is 0 Å². The Hall–Kier alpha value is -2.15. The smallest absolute Gasteiger partial charge is 0.270 e. The van der Waals surface area contributed by atoms with Crippen molar-refractivity contribution in [2.24, 2.45) is 0 Å². The molecule has 0 fully saturated rings. The van der Waals surface area contributed by atoms with E-state index in [-0.39, 0.29) is 5.91 Å². The van der Waals surface area contributed by atoms with Crippen molar-refractivity contribution >= 4 is 55.5 Å². The molecule has 0 unspecified atom stereocenters. The minimum Gasteiger partial charge on any atom is -0.467 e. The molecule has 25 heavy (non-hydrogen) atoms. The lowest BCUT2D eigenvalue weighted by Gasteiger charge is -2.17. The number of thiophene rings is 1. The number of amides is 1. The molecule has 1 aromatic carbocycles. The summed E-state index contributed by atoms with van der Waals surface area (Å²) in [6, 6.07) is 11.1. The second-order valence-corrected chi connectivity index (χ2v) is 7.91. The first-order valence-corrected chi connectivity index (χ1v) is 9.63. The highest BCUT2D eigenvalue weighted by Crippen LogP contribution is 2.34. The van der Waals surface area contributed by atoms with Gasteiger partial charge in [-0.1, -0.05) is 29.0 Å².